The highest BCUT2D eigenvalue weighted by atomic mass is 32.2. The first-order valence-corrected chi connectivity index (χ1v) is 11.4. The summed E-state index contributed by atoms with van der Waals surface area (Å²) >= 11 is 1.89. The molecule has 6 nitrogen and oxygen atoms in total. The third-order valence-electron chi connectivity index (χ3n) is 5.11. The molecule has 3 N–H and O–H groups in total. The predicted molar refractivity (Wildman–Crippen MR) is 122 cm³/mol. The molecule has 0 aliphatic carbocycles. The average molecular weight is 428 g/mol. The highest BCUT2D eigenvalue weighted by Gasteiger charge is 2.17. The van der Waals surface area contributed by atoms with Gasteiger partial charge in [-0.25, -0.2) is 4.79 Å². The summed E-state index contributed by atoms with van der Waals surface area (Å²) in [6.45, 7) is 3.62. The Kier molecular flexibility index (Phi) is 8.02. The maximum atomic E-state index is 12.4. The van der Waals surface area contributed by atoms with Crippen molar-refractivity contribution in [3.63, 3.8) is 0 Å². The minimum Gasteiger partial charge on any atom is -0.508 e. The van der Waals surface area contributed by atoms with E-state index in [1.807, 2.05) is 60.0 Å². The standard InChI is InChI=1S/C23H29N3O3S/c1-17(2-3-18-6-10-21(27)11-7-18)24-23(29)25-20-8-4-19(5-9-20)16-22(28)26-12-14-30-15-13-26/h4-11,17,27H,2-3,12-16H2,1H3,(H2,24,25,29). The first-order chi connectivity index (χ1) is 14.5. The first kappa shape index (κ1) is 22.0. The Balaban J connectivity index is 1.41. The zero-order chi connectivity index (χ0) is 21.3. The highest BCUT2D eigenvalue weighted by Crippen LogP contribution is 2.15. The van der Waals surface area contributed by atoms with E-state index in [1.54, 1.807) is 12.1 Å². The molecule has 1 heterocycles. The van der Waals surface area contributed by atoms with Crippen LogP contribution < -0.4 is 10.6 Å². The van der Waals surface area contributed by atoms with Gasteiger partial charge in [-0.3, -0.25) is 4.79 Å². The van der Waals surface area contributed by atoms with Crippen LogP contribution in [0.5, 0.6) is 5.75 Å². The van der Waals surface area contributed by atoms with Gasteiger partial charge in [0.15, 0.2) is 0 Å². The molecule has 0 saturated carbocycles. The van der Waals surface area contributed by atoms with Crippen molar-refractivity contribution in [3.05, 3.63) is 59.7 Å². The van der Waals surface area contributed by atoms with Crippen molar-refractivity contribution in [3.8, 4) is 5.75 Å². The average Bonchev–Trinajstić information content (AvgIpc) is 2.75. The van der Waals surface area contributed by atoms with Crippen LogP contribution in [-0.2, 0) is 17.6 Å². The third-order valence-corrected chi connectivity index (χ3v) is 6.05. The maximum absolute atomic E-state index is 12.4. The van der Waals surface area contributed by atoms with Crippen LogP contribution >= 0.6 is 11.8 Å². The van der Waals surface area contributed by atoms with Gasteiger partial charge in [0.05, 0.1) is 6.42 Å². The number of carbonyl (C=O) groups is 2. The molecule has 0 aromatic heterocycles. The molecule has 1 atom stereocenters. The van der Waals surface area contributed by atoms with Crippen LogP contribution in [0.3, 0.4) is 0 Å². The fourth-order valence-corrected chi connectivity index (χ4v) is 4.22. The lowest BCUT2D eigenvalue weighted by Crippen LogP contribution is -2.38. The molecule has 1 unspecified atom stereocenters. The summed E-state index contributed by atoms with van der Waals surface area (Å²) in [4.78, 5) is 26.5. The fraction of sp³-hybridized carbons (Fsp3) is 0.391. The van der Waals surface area contributed by atoms with Crippen LogP contribution in [0, 0.1) is 0 Å². The number of aromatic hydroxyl groups is 1. The summed E-state index contributed by atoms with van der Waals surface area (Å²) in [5.41, 5.74) is 2.77. The molecule has 1 fully saturated rings. The van der Waals surface area contributed by atoms with E-state index in [1.165, 1.54) is 0 Å². The monoisotopic (exact) mass is 427 g/mol. The van der Waals surface area contributed by atoms with Crippen molar-refractivity contribution in [2.75, 3.05) is 29.9 Å². The number of amides is 3. The summed E-state index contributed by atoms with van der Waals surface area (Å²) in [5, 5.41) is 15.1. The zero-order valence-corrected chi connectivity index (χ0v) is 18.1. The number of nitrogens with zero attached hydrogens (tertiary/aromatic N) is 1. The van der Waals surface area contributed by atoms with Crippen molar-refractivity contribution < 1.29 is 14.7 Å². The van der Waals surface area contributed by atoms with Crippen molar-refractivity contribution in [1.82, 2.24) is 10.2 Å². The molecule has 1 aliphatic rings. The third kappa shape index (κ3) is 6.99. The second kappa shape index (κ2) is 10.9. The Hall–Kier alpha value is -2.67. The van der Waals surface area contributed by atoms with E-state index in [9.17, 15) is 14.7 Å². The smallest absolute Gasteiger partial charge is 0.319 e. The number of phenols is 1. The van der Waals surface area contributed by atoms with Crippen molar-refractivity contribution in [2.24, 2.45) is 0 Å². The van der Waals surface area contributed by atoms with Crippen LogP contribution in [0.25, 0.3) is 0 Å². The van der Waals surface area contributed by atoms with E-state index in [2.05, 4.69) is 10.6 Å². The van der Waals surface area contributed by atoms with Crippen molar-refractivity contribution in [1.29, 1.82) is 0 Å². The van der Waals surface area contributed by atoms with Gasteiger partial charge in [0.1, 0.15) is 5.75 Å². The molecule has 2 aromatic rings. The van der Waals surface area contributed by atoms with E-state index < -0.39 is 0 Å². The van der Waals surface area contributed by atoms with Crippen LogP contribution in [0.1, 0.15) is 24.5 Å². The molecule has 0 spiro atoms. The number of nitrogens with one attached hydrogen (secondary N) is 2. The Morgan fingerprint density at radius 2 is 1.67 bits per heavy atom. The Bertz CT molecular complexity index is 834. The normalized spacial score (nSPS) is 14.8. The number of rotatable bonds is 7. The van der Waals surface area contributed by atoms with Gasteiger partial charge in [0, 0.05) is 36.3 Å². The number of thioether (sulfide) groups is 1. The molecule has 1 aliphatic heterocycles. The van der Waals surface area contributed by atoms with Gasteiger partial charge in [0.2, 0.25) is 5.91 Å². The molecular formula is C23H29N3O3S. The lowest BCUT2D eigenvalue weighted by Gasteiger charge is -2.26. The van der Waals surface area contributed by atoms with Gasteiger partial charge in [-0.2, -0.15) is 11.8 Å². The number of aryl methyl sites for hydroxylation is 1. The molecule has 0 bridgehead atoms. The number of hydrogen-bond donors (Lipinski definition) is 3. The summed E-state index contributed by atoms with van der Waals surface area (Å²) in [5.74, 6) is 2.44. The highest BCUT2D eigenvalue weighted by molar-refractivity contribution is 7.99. The summed E-state index contributed by atoms with van der Waals surface area (Å²) < 4.78 is 0. The van der Waals surface area contributed by atoms with E-state index in [-0.39, 0.29) is 23.7 Å². The number of carbonyl (C=O) groups excluding carboxylic acids is 2. The number of phenolic OH excluding ortho intramolecular Hbond substituents is 1. The molecule has 0 radical (unpaired) electrons. The molecular weight excluding hydrogens is 398 g/mol. The van der Waals surface area contributed by atoms with E-state index >= 15 is 0 Å². The molecule has 1 saturated heterocycles. The second-order valence-electron chi connectivity index (χ2n) is 7.57. The van der Waals surface area contributed by atoms with Crippen LogP contribution in [-0.4, -0.2) is 52.6 Å². The van der Waals surface area contributed by atoms with Gasteiger partial charge >= 0.3 is 6.03 Å². The van der Waals surface area contributed by atoms with E-state index in [0.717, 1.165) is 48.6 Å². The SMILES string of the molecule is CC(CCc1ccc(O)cc1)NC(=O)Nc1ccc(CC(=O)N2CCSCC2)cc1. The molecule has 30 heavy (non-hydrogen) atoms. The largest absolute Gasteiger partial charge is 0.508 e. The number of anilines is 1. The van der Waals surface area contributed by atoms with E-state index in [4.69, 9.17) is 0 Å². The van der Waals surface area contributed by atoms with Gasteiger partial charge < -0.3 is 20.6 Å². The Morgan fingerprint density at radius 1 is 1.03 bits per heavy atom. The molecule has 2 aromatic carbocycles. The van der Waals surface area contributed by atoms with Gasteiger partial charge in [-0.1, -0.05) is 24.3 Å². The number of benzene rings is 2. The van der Waals surface area contributed by atoms with Crippen molar-refractivity contribution in [2.45, 2.75) is 32.2 Å². The van der Waals surface area contributed by atoms with Crippen LogP contribution in [0.2, 0.25) is 0 Å². The number of hydrogen-bond acceptors (Lipinski definition) is 4. The lowest BCUT2D eigenvalue weighted by molar-refractivity contribution is -0.130. The Morgan fingerprint density at radius 3 is 2.33 bits per heavy atom. The summed E-state index contributed by atoms with van der Waals surface area (Å²) in [7, 11) is 0. The summed E-state index contributed by atoms with van der Waals surface area (Å²) in [6.07, 6.45) is 2.01. The molecule has 3 amide bonds. The molecule has 160 valence electrons. The fourth-order valence-electron chi connectivity index (χ4n) is 3.31. The minimum atomic E-state index is -0.247. The molecule has 7 heteroatoms. The van der Waals surface area contributed by atoms with Gasteiger partial charge in [0.25, 0.3) is 0 Å². The Labute approximate surface area is 182 Å². The minimum absolute atomic E-state index is 0.0124. The summed E-state index contributed by atoms with van der Waals surface area (Å²) in [6, 6.07) is 14.3. The zero-order valence-electron chi connectivity index (χ0n) is 17.3. The maximum Gasteiger partial charge on any atom is 0.319 e. The van der Waals surface area contributed by atoms with Crippen molar-refractivity contribution >= 4 is 29.4 Å². The van der Waals surface area contributed by atoms with Gasteiger partial charge in [-0.05, 0) is 55.2 Å². The van der Waals surface area contributed by atoms with E-state index in [0.29, 0.717) is 12.1 Å². The lowest BCUT2D eigenvalue weighted by atomic mass is 10.1. The number of urea groups is 1. The first-order valence-electron chi connectivity index (χ1n) is 10.3. The second-order valence-corrected chi connectivity index (χ2v) is 8.80. The van der Waals surface area contributed by atoms with Crippen LogP contribution in [0.15, 0.2) is 48.5 Å². The topological polar surface area (TPSA) is 81.7 Å². The molecule has 3 rings (SSSR count). The quantitative estimate of drug-likeness (QED) is 0.630. The van der Waals surface area contributed by atoms with Crippen LogP contribution in [0.4, 0.5) is 10.5 Å². The van der Waals surface area contributed by atoms with Gasteiger partial charge in [-0.15, -0.1) is 0 Å². The predicted octanol–water partition coefficient (Wildman–Crippen LogP) is 3.65.